The van der Waals surface area contributed by atoms with E-state index in [1.54, 1.807) is 7.11 Å². The number of fused-ring (bicyclic) bond motifs is 3. The minimum Gasteiger partial charge on any atom is -0.496 e. The largest absolute Gasteiger partial charge is 0.496 e. The second-order valence-corrected chi connectivity index (χ2v) is 6.75. The van der Waals surface area contributed by atoms with Crippen molar-refractivity contribution < 1.29 is 4.74 Å². The Kier molecular flexibility index (Phi) is 4.81. The Hall–Kier alpha value is -0.660. The highest BCUT2D eigenvalue weighted by molar-refractivity contribution is 9.10. The van der Waals surface area contributed by atoms with E-state index in [1.165, 1.54) is 18.7 Å². The fraction of sp³-hybridized carbons (Fsp3) is 0.600. The molecule has 2 bridgehead atoms. The molecule has 3 fully saturated rings. The molecule has 1 aromatic rings. The number of nitrogens with two attached hydrogens (primary N) is 1. The quantitative estimate of drug-likeness (QED) is 0.606. The lowest BCUT2D eigenvalue weighted by Crippen LogP contribution is -2.67. The van der Waals surface area contributed by atoms with Gasteiger partial charge in [-0.2, -0.15) is 0 Å². The number of piperazine rings is 3. The van der Waals surface area contributed by atoms with Crippen molar-refractivity contribution in [3.63, 3.8) is 0 Å². The van der Waals surface area contributed by atoms with Gasteiger partial charge in [0.25, 0.3) is 0 Å². The number of hydrogen-bond donors (Lipinski definition) is 2. The van der Waals surface area contributed by atoms with Crippen LogP contribution in [0.25, 0.3) is 0 Å². The van der Waals surface area contributed by atoms with Crippen LogP contribution in [0.5, 0.6) is 5.75 Å². The molecule has 0 amide bonds. The van der Waals surface area contributed by atoms with E-state index in [0.29, 0.717) is 6.04 Å². The monoisotopic (exact) mass is 354 g/mol. The summed E-state index contributed by atoms with van der Waals surface area (Å²) < 4.78 is 6.55. The number of ether oxygens (including phenoxy) is 1. The average molecular weight is 355 g/mol. The summed E-state index contributed by atoms with van der Waals surface area (Å²) in [5.74, 6) is 6.79. The SMILES string of the molecule is COc1ccc(Br)cc1CC(NN)C1CN2CCN1CC2. The van der Waals surface area contributed by atoms with Crippen molar-refractivity contribution in [3.05, 3.63) is 28.2 Å². The predicted octanol–water partition coefficient (Wildman–Crippen LogP) is 0.832. The van der Waals surface area contributed by atoms with E-state index in [1.807, 2.05) is 12.1 Å². The molecule has 0 saturated carbocycles. The molecule has 116 valence electrons. The molecule has 6 heteroatoms. The number of halogens is 1. The van der Waals surface area contributed by atoms with Gasteiger partial charge in [0.1, 0.15) is 5.75 Å². The Bertz CT molecular complexity index is 491. The van der Waals surface area contributed by atoms with E-state index in [2.05, 4.69) is 37.2 Å². The molecule has 3 heterocycles. The van der Waals surface area contributed by atoms with Crippen molar-refractivity contribution in [2.45, 2.75) is 18.5 Å². The molecule has 3 N–H and O–H groups in total. The summed E-state index contributed by atoms with van der Waals surface area (Å²) in [4.78, 5) is 5.10. The van der Waals surface area contributed by atoms with Crippen LogP contribution in [0.1, 0.15) is 5.56 Å². The van der Waals surface area contributed by atoms with Crippen molar-refractivity contribution in [1.82, 2.24) is 15.2 Å². The molecule has 21 heavy (non-hydrogen) atoms. The third-order valence-corrected chi connectivity index (χ3v) is 5.18. The lowest BCUT2D eigenvalue weighted by molar-refractivity contribution is -0.00321. The average Bonchev–Trinajstić information content (AvgIpc) is 2.54. The third kappa shape index (κ3) is 3.24. The summed E-state index contributed by atoms with van der Waals surface area (Å²) in [7, 11) is 1.72. The van der Waals surface area contributed by atoms with Gasteiger partial charge in [0, 0.05) is 49.3 Å². The van der Waals surface area contributed by atoms with Crippen LogP contribution in [0.2, 0.25) is 0 Å². The zero-order valence-corrected chi connectivity index (χ0v) is 14.0. The normalized spacial score (nSPS) is 29.4. The Labute approximate surface area is 134 Å². The summed E-state index contributed by atoms with van der Waals surface area (Å²) in [6, 6.07) is 6.84. The van der Waals surface area contributed by atoms with Gasteiger partial charge in [0.15, 0.2) is 0 Å². The van der Waals surface area contributed by atoms with Crippen molar-refractivity contribution >= 4 is 15.9 Å². The van der Waals surface area contributed by atoms with E-state index in [4.69, 9.17) is 10.6 Å². The standard InChI is InChI=1S/C15H23BrN4O/c1-21-15-3-2-12(16)8-11(15)9-13(18-17)14-10-19-4-6-20(14)7-5-19/h2-3,8,13-14,18H,4-7,9-10,17H2,1H3. The summed E-state index contributed by atoms with van der Waals surface area (Å²) in [5, 5.41) is 0. The molecule has 5 nitrogen and oxygen atoms in total. The van der Waals surface area contributed by atoms with Crippen molar-refractivity contribution in [3.8, 4) is 5.75 Å². The van der Waals surface area contributed by atoms with Crippen LogP contribution in [-0.4, -0.2) is 61.7 Å². The van der Waals surface area contributed by atoms with Gasteiger partial charge < -0.3 is 4.74 Å². The highest BCUT2D eigenvalue weighted by Gasteiger charge is 2.36. The minimum atomic E-state index is 0.233. The lowest BCUT2D eigenvalue weighted by Gasteiger charge is -2.50. The van der Waals surface area contributed by atoms with Crippen molar-refractivity contribution in [2.75, 3.05) is 39.8 Å². The number of hydrazine groups is 1. The molecule has 3 aliphatic rings. The van der Waals surface area contributed by atoms with Crippen LogP contribution >= 0.6 is 15.9 Å². The molecule has 3 saturated heterocycles. The number of methoxy groups -OCH3 is 1. The molecule has 0 aliphatic carbocycles. The van der Waals surface area contributed by atoms with Crippen LogP contribution in [0.15, 0.2) is 22.7 Å². The number of rotatable bonds is 5. The fourth-order valence-electron chi connectivity index (χ4n) is 3.49. The maximum Gasteiger partial charge on any atom is 0.122 e. The molecular formula is C15H23BrN4O. The number of nitrogens with zero attached hydrogens (tertiary/aromatic N) is 2. The maximum atomic E-state index is 5.87. The van der Waals surface area contributed by atoms with Gasteiger partial charge in [-0.05, 0) is 30.2 Å². The Morgan fingerprint density at radius 2 is 2.14 bits per heavy atom. The Morgan fingerprint density at radius 1 is 1.38 bits per heavy atom. The van der Waals surface area contributed by atoms with Crippen molar-refractivity contribution in [1.29, 1.82) is 0 Å². The zero-order valence-electron chi connectivity index (χ0n) is 12.4. The highest BCUT2D eigenvalue weighted by Crippen LogP contribution is 2.26. The second-order valence-electron chi connectivity index (χ2n) is 5.84. The molecule has 0 radical (unpaired) electrons. The molecule has 1 aromatic carbocycles. The topological polar surface area (TPSA) is 53.8 Å². The Morgan fingerprint density at radius 3 is 2.71 bits per heavy atom. The van der Waals surface area contributed by atoms with Gasteiger partial charge in [-0.1, -0.05) is 15.9 Å². The lowest BCUT2D eigenvalue weighted by atomic mass is 9.94. The summed E-state index contributed by atoms with van der Waals surface area (Å²) in [6.45, 7) is 5.78. The van der Waals surface area contributed by atoms with Crippen LogP contribution in [0, 0.1) is 0 Å². The molecule has 2 atom stereocenters. The number of nitrogens with one attached hydrogen (secondary N) is 1. The van der Waals surface area contributed by atoms with Gasteiger partial charge in [-0.15, -0.1) is 0 Å². The summed E-state index contributed by atoms with van der Waals surface area (Å²) >= 11 is 3.54. The molecule has 2 unspecified atom stereocenters. The van der Waals surface area contributed by atoms with E-state index in [-0.39, 0.29) is 6.04 Å². The summed E-state index contributed by atoms with van der Waals surface area (Å²) in [6.07, 6.45) is 0.869. The van der Waals surface area contributed by atoms with E-state index in [0.717, 1.165) is 36.3 Å². The van der Waals surface area contributed by atoms with E-state index < -0.39 is 0 Å². The van der Waals surface area contributed by atoms with Crippen LogP contribution in [0.4, 0.5) is 0 Å². The van der Waals surface area contributed by atoms with Crippen LogP contribution in [0.3, 0.4) is 0 Å². The first-order valence-corrected chi connectivity index (χ1v) is 8.25. The zero-order chi connectivity index (χ0) is 14.8. The van der Waals surface area contributed by atoms with E-state index in [9.17, 15) is 0 Å². The van der Waals surface area contributed by atoms with Gasteiger partial charge in [0.2, 0.25) is 0 Å². The first kappa shape index (κ1) is 15.2. The van der Waals surface area contributed by atoms with Gasteiger partial charge in [-0.25, -0.2) is 0 Å². The molecule has 0 spiro atoms. The maximum absolute atomic E-state index is 5.87. The van der Waals surface area contributed by atoms with Crippen LogP contribution < -0.4 is 16.0 Å². The van der Waals surface area contributed by atoms with Gasteiger partial charge in [-0.3, -0.25) is 21.1 Å². The van der Waals surface area contributed by atoms with Crippen molar-refractivity contribution in [2.24, 2.45) is 5.84 Å². The fourth-order valence-corrected chi connectivity index (χ4v) is 3.90. The van der Waals surface area contributed by atoms with Gasteiger partial charge >= 0.3 is 0 Å². The molecule has 0 aromatic heterocycles. The molecule has 3 aliphatic heterocycles. The molecular weight excluding hydrogens is 332 g/mol. The number of hydrogen-bond acceptors (Lipinski definition) is 5. The second kappa shape index (κ2) is 6.62. The Balaban J connectivity index is 1.77. The smallest absolute Gasteiger partial charge is 0.122 e. The predicted molar refractivity (Wildman–Crippen MR) is 87.3 cm³/mol. The minimum absolute atomic E-state index is 0.233. The first-order valence-electron chi connectivity index (χ1n) is 7.46. The summed E-state index contributed by atoms with van der Waals surface area (Å²) in [5.41, 5.74) is 4.22. The van der Waals surface area contributed by atoms with Crippen LogP contribution in [-0.2, 0) is 6.42 Å². The first-order chi connectivity index (χ1) is 10.2. The third-order valence-electron chi connectivity index (χ3n) is 4.68. The highest BCUT2D eigenvalue weighted by atomic mass is 79.9. The van der Waals surface area contributed by atoms with Gasteiger partial charge in [0.05, 0.1) is 7.11 Å². The van der Waals surface area contributed by atoms with E-state index >= 15 is 0 Å². The molecule has 4 rings (SSSR count). The number of benzene rings is 1.